The molecule has 0 radical (unpaired) electrons. The van der Waals surface area contributed by atoms with Crippen molar-refractivity contribution in [2.24, 2.45) is 11.8 Å². The lowest BCUT2D eigenvalue weighted by Crippen LogP contribution is -2.72. The Labute approximate surface area is 183 Å². The number of aromatic hydroxyl groups is 1. The average Bonchev–Trinajstić information content (AvgIpc) is 3.64. The summed E-state index contributed by atoms with van der Waals surface area (Å²) in [6.07, 6.45) is 11.2. The average molecular weight is 419 g/mol. The Morgan fingerprint density at radius 2 is 1.87 bits per heavy atom. The van der Waals surface area contributed by atoms with Crippen molar-refractivity contribution in [3.05, 3.63) is 52.7 Å². The highest BCUT2D eigenvalue weighted by Gasteiger charge is 2.64. The largest absolute Gasteiger partial charge is 0.508 e. The van der Waals surface area contributed by atoms with E-state index in [0.29, 0.717) is 12.3 Å². The monoisotopic (exact) mass is 418 g/mol. The van der Waals surface area contributed by atoms with Crippen LogP contribution in [0.1, 0.15) is 49.7 Å². The predicted molar refractivity (Wildman–Crippen MR) is 116 cm³/mol. The first kappa shape index (κ1) is 18.5. The van der Waals surface area contributed by atoms with E-state index in [2.05, 4.69) is 11.0 Å². The van der Waals surface area contributed by atoms with Crippen LogP contribution in [0.3, 0.4) is 0 Å². The third kappa shape index (κ3) is 2.53. The number of carbonyl (C=O) groups is 1. The summed E-state index contributed by atoms with van der Waals surface area (Å²) in [5, 5.41) is 22.8. The molecule has 1 aromatic carbocycles. The molecular weight excluding hydrogens is 388 g/mol. The molecule has 0 unspecified atom stereocenters. The zero-order valence-electron chi connectivity index (χ0n) is 17.9. The van der Waals surface area contributed by atoms with E-state index in [1.807, 2.05) is 17.0 Å². The van der Waals surface area contributed by atoms with Crippen LogP contribution in [0, 0.1) is 11.8 Å². The lowest BCUT2D eigenvalue weighted by molar-refractivity contribution is -0.134. The van der Waals surface area contributed by atoms with Gasteiger partial charge in [0.25, 0.3) is 5.91 Å². The fourth-order valence-corrected chi connectivity index (χ4v) is 6.90. The molecule has 31 heavy (non-hydrogen) atoms. The lowest BCUT2D eigenvalue weighted by Gasteiger charge is -2.62. The molecule has 5 nitrogen and oxygen atoms in total. The Kier molecular flexibility index (Phi) is 3.58. The van der Waals surface area contributed by atoms with Gasteiger partial charge in [0.2, 0.25) is 0 Å². The summed E-state index contributed by atoms with van der Waals surface area (Å²) in [7, 11) is 0. The van der Waals surface area contributed by atoms with Gasteiger partial charge in [0.1, 0.15) is 5.75 Å². The number of hydrogen-bond donors (Lipinski definition) is 2. The minimum atomic E-state index is -0.952. The number of allylic oxidation sites excluding steroid dienone is 1. The number of fused-ring (bicyclic) bond motifs is 2. The summed E-state index contributed by atoms with van der Waals surface area (Å²) >= 11 is 0. The molecule has 2 heterocycles. The van der Waals surface area contributed by atoms with Crippen LogP contribution in [0.4, 0.5) is 0 Å². The number of likely N-dealkylation sites (tertiary alicyclic amines) is 1. The predicted octanol–water partition coefficient (Wildman–Crippen LogP) is 2.87. The van der Waals surface area contributed by atoms with Gasteiger partial charge in [-0.3, -0.25) is 9.69 Å². The Morgan fingerprint density at radius 1 is 1.10 bits per heavy atom. The highest BCUT2D eigenvalue weighted by atomic mass is 16.3. The van der Waals surface area contributed by atoms with E-state index in [1.165, 1.54) is 31.2 Å². The molecule has 3 atom stereocenters. The molecule has 0 spiro atoms. The Morgan fingerprint density at radius 3 is 2.65 bits per heavy atom. The molecule has 162 valence electrons. The van der Waals surface area contributed by atoms with Gasteiger partial charge < -0.3 is 15.1 Å². The topological polar surface area (TPSA) is 64.0 Å². The van der Waals surface area contributed by atoms with E-state index < -0.39 is 11.0 Å². The van der Waals surface area contributed by atoms with Crippen molar-refractivity contribution in [2.45, 2.75) is 62.0 Å². The first-order valence-corrected chi connectivity index (χ1v) is 12.0. The van der Waals surface area contributed by atoms with Crippen LogP contribution in [-0.2, 0) is 16.6 Å². The summed E-state index contributed by atoms with van der Waals surface area (Å²) < 4.78 is 0. The van der Waals surface area contributed by atoms with Gasteiger partial charge >= 0.3 is 0 Å². The quantitative estimate of drug-likeness (QED) is 0.789. The number of hydrogen-bond acceptors (Lipinski definition) is 4. The van der Waals surface area contributed by atoms with Crippen molar-refractivity contribution in [3.8, 4) is 5.75 Å². The van der Waals surface area contributed by atoms with Gasteiger partial charge in [-0.05, 0) is 91.8 Å². The number of phenolic OH excluding ortho intramolecular Hbond substituents is 1. The van der Waals surface area contributed by atoms with Crippen LogP contribution in [0.25, 0.3) is 0 Å². The second kappa shape index (κ2) is 6.02. The summed E-state index contributed by atoms with van der Waals surface area (Å²) in [5.74, 6) is 1.72. The second-order valence-electron chi connectivity index (χ2n) is 10.9. The normalized spacial score (nSPS) is 36.5. The first-order valence-electron chi connectivity index (χ1n) is 12.0. The third-order valence-electron chi connectivity index (χ3n) is 8.90. The van der Waals surface area contributed by atoms with Gasteiger partial charge in [0.05, 0.1) is 5.60 Å². The van der Waals surface area contributed by atoms with Gasteiger partial charge in [-0.25, -0.2) is 0 Å². The Bertz CT molecular complexity index is 1050. The smallest absolute Gasteiger partial charge is 0.251 e. The zero-order valence-corrected chi connectivity index (χ0v) is 17.9. The second-order valence-corrected chi connectivity index (χ2v) is 10.9. The minimum Gasteiger partial charge on any atom is -0.508 e. The molecule has 1 amide bonds. The van der Waals surface area contributed by atoms with Crippen LogP contribution >= 0.6 is 0 Å². The van der Waals surface area contributed by atoms with Crippen molar-refractivity contribution in [2.75, 3.05) is 19.6 Å². The molecule has 5 heteroatoms. The maximum Gasteiger partial charge on any atom is 0.251 e. The van der Waals surface area contributed by atoms with Gasteiger partial charge in [-0.2, -0.15) is 0 Å². The molecule has 6 aliphatic rings. The molecule has 2 bridgehead atoms. The molecule has 2 N–H and O–H groups in total. The number of amides is 1. The number of piperidine rings is 1. The van der Waals surface area contributed by atoms with Crippen molar-refractivity contribution in [1.82, 2.24) is 9.80 Å². The lowest BCUT2D eigenvalue weighted by atomic mass is 9.51. The van der Waals surface area contributed by atoms with E-state index >= 15 is 0 Å². The minimum absolute atomic E-state index is 0.0465. The molecule has 1 saturated heterocycles. The fourth-order valence-electron chi connectivity index (χ4n) is 6.90. The van der Waals surface area contributed by atoms with Gasteiger partial charge in [-0.15, -0.1) is 0 Å². The summed E-state index contributed by atoms with van der Waals surface area (Å²) in [6, 6.07) is 5.75. The maximum atomic E-state index is 12.9. The van der Waals surface area contributed by atoms with E-state index in [0.717, 1.165) is 55.2 Å². The van der Waals surface area contributed by atoms with Crippen molar-refractivity contribution < 1.29 is 15.0 Å². The molecule has 2 aliphatic heterocycles. The van der Waals surface area contributed by atoms with Crippen LogP contribution in [-0.4, -0.2) is 57.2 Å². The maximum absolute atomic E-state index is 12.9. The fraction of sp³-hybridized carbons (Fsp3) is 0.577. The van der Waals surface area contributed by atoms with Gasteiger partial charge in [0.15, 0.2) is 0 Å². The standard InChI is InChI=1S/C26H30N2O3/c29-20-6-5-18-9-23-26(31)12-19-10-24(30)28(15-17-3-4-17)22(19)13-25(26,21(18)11-20)7-8-27(23)14-16-1-2-16/h5-6,10-11,13,16-17,23,29,31H,1-4,7-9,12,14-15H2/t23-,25-,26-/m1/s1. The van der Waals surface area contributed by atoms with Gasteiger partial charge in [0, 0.05) is 42.7 Å². The number of nitrogens with zero attached hydrogens (tertiary/aromatic N) is 2. The summed E-state index contributed by atoms with van der Waals surface area (Å²) in [6.45, 7) is 2.82. The summed E-state index contributed by atoms with van der Waals surface area (Å²) in [5.41, 5.74) is 2.82. The third-order valence-corrected chi connectivity index (χ3v) is 8.90. The number of carbonyl (C=O) groups excluding carboxylic acids is 1. The number of phenols is 1. The highest BCUT2D eigenvalue weighted by Crippen LogP contribution is 2.59. The molecule has 1 aromatic rings. The van der Waals surface area contributed by atoms with E-state index in [1.54, 1.807) is 12.1 Å². The number of aliphatic hydroxyl groups is 1. The first-order chi connectivity index (χ1) is 15.0. The molecule has 0 aromatic heterocycles. The highest BCUT2D eigenvalue weighted by molar-refractivity contribution is 5.95. The summed E-state index contributed by atoms with van der Waals surface area (Å²) in [4.78, 5) is 17.4. The van der Waals surface area contributed by atoms with Crippen molar-refractivity contribution in [1.29, 1.82) is 0 Å². The molecule has 3 fully saturated rings. The Hall–Kier alpha value is -2.11. The molecule has 2 saturated carbocycles. The molecular formula is C26H30N2O3. The Balaban J connectivity index is 1.40. The van der Waals surface area contributed by atoms with Crippen molar-refractivity contribution >= 4 is 5.91 Å². The van der Waals surface area contributed by atoms with Gasteiger partial charge in [-0.1, -0.05) is 6.07 Å². The molecule has 4 aliphatic carbocycles. The van der Waals surface area contributed by atoms with Crippen LogP contribution in [0.15, 0.2) is 41.6 Å². The molecule has 7 rings (SSSR count). The van der Waals surface area contributed by atoms with Crippen LogP contribution in [0.5, 0.6) is 5.75 Å². The zero-order chi connectivity index (χ0) is 21.0. The van der Waals surface area contributed by atoms with E-state index in [4.69, 9.17) is 0 Å². The number of benzene rings is 1. The van der Waals surface area contributed by atoms with E-state index in [9.17, 15) is 15.0 Å². The number of rotatable bonds is 4. The van der Waals surface area contributed by atoms with E-state index in [-0.39, 0.29) is 17.7 Å². The van der Waals surface area contributed by atoms with Crippen LogP contribution < -0.4 is 0 Å². The SMILES string of the molecule is O=C1C=C2C[C@@]3(O)[C@H]4Cc5ccc(O)cc5[C@]3(C=C2N1CC1CC1)CCN4CC1CC1. The van der Waals surface area contributed by atoms with Crippen molar-refractivity contribution in [3.63, 3.8) is 0 Å². The van der Waals surface area contributed by atoms with Crippen LogP contribution in [0.2, 0.25) is 0 Å².